The summed E-state index contributed by atoms with van der Waals surface area (Å²) in [5.41, 5.74) is 0. The van der Waals surface area contributed by atoms with Crippen LogP contribution in [0.15, 0.2) is 28.7 Å². The summed E-state index contributed by atoms with van der Waals surface area (Å²) in [6, 6.07) is 3.60. The molecular weight excluding hydrogens is 332 g/mol. The molecule has 0 saturated carbocycles. The predicted octanol–water partition coefficient (Wildman–Crippen LogP) is 3.68. The number of carbonyl (C=O) groups is 1. The van der Waals surface area contributed by atoms with E-state index in [2.05, 4.69) is 24.8 Å². The summed E-state index contributed by atoms with van der Waals surface area (Å²) in [6.07, 6.45) is 9.47. The fraction of sp³-hybridized carbons (Fsp3) is 0.571. The lowest BCUT2D eigenvalue weighted by Crippen LogP contribution is -2.18. The van der Waals surface area contributed by atoms with Crippen LogP contribution in [0.2, 0.25) is 0 Å². The lowest BCUT2D eigenvalue weighted by atomic mass is 10.1. The van der Waals surface area contributed by atoms with E-state index in [4.69, 9.17) is 9.52 Å². The minimum absolute atomic E-state index is 0.237. The minimum atomic E-state index is -1.30. The van der Waals surface area contributed by atoms with Crippen LogP contribution in [0.4, 0.5) is 0 Å². The standard InChI is InChI=1S/C21H30O5/c1-2-3-4-5-6-7-10-17(22)13-14-19-16-15-18(26-19)11-8-9-12-20(23)21(24)25/h6-7,15-17,20,22-23H,2-5,8-12H2,1H3,(H,24,25). The summed E-state index contributed by atoms with van der Waals surface area (Å²) in [5, 5.41) is 27.6. The summed E-state index contributed by atoms with van der Waals surface area (Å²) in [7, 11) is 0. The Hall–Kier alpha value is -2.03. The first-order chi connectivity index (χ1) is 12.5. The van der Waals surface area contributed by atoms with Crippen molar-refractivity contribution in [3.05, 3.63) is 35.8 Å². The number of aliphatic hydroxyl groups is 2. The van der Waals surface area contributed by atoms with Gasteiger partial charge in [0.1, 0.15) is 11.9 Å². The zero-order chi connectivity index (χ0) is 19.2. The van der Waals surface area contributed by atoms with E-state index in [1.807, 2.05) is 12.1 Å². The van der Waals surface area contributed by atoms with Gasteiger partial charge >= 0.3 is 5.97 Å². The molecular formula is C21H30O5. The average molecular weight is 362 g/mol. The first-order valence-electron chi connectivity index (χ1n) is 9.37. The summed E-state index contributed by atoms with van der Waals surface area (Å²) >= 11 is 0. The molecule has 0 aliphatic rings. The molecule has 0 aromatic carbocycles. The molecule has 1 rings (SSSR count). The number of aliphatic carboxylic acids is 1. The molecule has 0 saturated heterocycles. The van der Waals surface area contributed by atoms with Gasteiger partial charge in [-0.05, 0) is 50.2 Å². The van der Waals surface area contributed by atoms with Crippen LogP contribution in [0.3, 0.4) is 0 Å². The maximum atomic E-state index is 10.5. The summed E-state index contributed by atoms with van der Waals surface area (Å²) < 4.78 is 5.58. The number of hydrogen-bond donors (Lipinski definition) is 3. The molecule has 5 heteroatoms. The number of carboxylic acids is 1. The van der Waals surface area contributed by atoms with Crippen LogP contribution in [0, 0.1) is 11.8 Å². The largest absolute Gasteiger partial charge is 0.479 e. The second kappa shape index (κ2) is 13.2. The van der Waals surface area contributed by atoms with E-state index in [-0.39, 0.29) is 6.42 Å². The van der Waals surface area contributed by atoms with Crippen molar-refractivity contribution in [2.45, 2.75) is 76.9 Å². The third kappa shape index (κ3) is 10.1. The summed E-state index contributed by atoms with van der Waals surface area (Å²) in [5.74, 6) is 5.70. The quantitative estimate of drug-likeness (QED) is 0.300. The molecule has 0 aliphatic carbocycles. The van der Waals surface area contributed by atoms with Gasteiger partial charge < -0.3 is 19.7 Å². The number of aryl methyl sites for hydroxylation is 1. The van der Waals surface area contributed by atoms with Crippen LogP contribution in [-0.4, -0.2) is 33.5 Å². The highest BCUT2D eigenvalue weighted by Gasteiger charge is 2.12. The van der Waals surface area contributed by atoms with Gasteiger partial charge in [-0.15, -0.1) is 0 Å². The minimum Gasteiger partial charge on any atom is -0.479 e. The molecule has 26 heavy (non-hydrogen) atoms. The van der Waals surface area contributed by atoms with Gasteiger partial charge in [-0.25, -0.2) is 4.79 Å². The van der Waals surface area contributed by atoms with E-state index in [1.165, 1.54) is 19.3 Å². The molecule has 0 amide bonds. The molecule has 2 unspecified atom stereocenters. The van der Waals surface area contributed by atoms with Gasteiger partial charge in [-0.3, -0.25) is 0 Å². The van der Waals surface area contributed by atoms with Gasteiger partial charge in [-0.1, -0.05) is 37.8 Å². The van der Waals surface area contributed by atoms with Crippen molar-refractivity contribution in [3.8, 4) is 11.8 Å². The number of furan rings is 1. The van der Waals surface area contributed by atoms with E-state index >= 15 is 0 Å². The van der Waals surface area contributed by atoms with Crippen LogP contribution in [0.25, 0.3) is 0 Å². The topological polar surface area (TPSA) is 90.9 Å². The van der Waals surface area contributed by atoms with E-state index in [9.17, 15) is 15.0 Å². The molecule has 2 atom stereocenters. The zero-order valence-electron chi connectivity index (χ0n) is 15.5. The maximum Gasteiger partial charge on any atom is 0.332 e. The summed E-state index contributed by atoms with van der Waals surface area (Å²) in [4.78, 5) is 10.5. The zero-order valence-corrected chi connectivity index (χ0v) is 15.5. The van der Waals surface area contributed by atoms with Crippen molar-refractivity contribution in [1.29, 1.82) is 0 Å². The molecule has 0 aliphatic heterocycles. The molecule has 0 bridgehead atoms. The average Bonchev–Trinajstić information content (AvgIpc) is 3.07. The Bertz CT molecular complexity index is 605. The van der Waals surface area contributed by atoms with Gasteiger partial charge in [0.25, 0.3) is 0 Å². The molecule has 1 aromatic heterocycles. The second-order valence-electron chi connectivity index (χ2n) is 6.35. The molecule has 5 nitrogen and oxygen atoms in total. The van der Waals surface area contributed by atoms with Crippen molar-refractivity contribution in [2.75, 3.05) is 0 Å². The Morgan fingerprint density at radius 3 is 2.73 bits per heavy atom. The number of allylic oxidation sites excluding steroid dienone is 1. The molecule has 144 valence electrons. The predicted molar refractivity (Wildman–Crippen MR) is 101 cm³/mol. The van der Waals surface area contributed by atoms with Crippen LogP contribution in [0.1, 0.15) is 69.8 Å². The second-order valence-corrected chi connectivity index (χ2v) is 6.35. The molecule has 0 fully saturated rings. The Kier molecular flexibility index (Phi) is 11.2. The number of hydrogen-bond acceptors (Lipinski definition) is 4. The first kappa shape index (κ1) is 22.0. The number of rotatable bonds is 12. The Morgan fingerprint density at radius 1 is 1.19 bits per heavy atom. The van der Waals surface area contributed by atoms with E-state index < -0.39 is 18.2 Å². The van der Waals surface area contributed by atoms with Crippen molar-refractivity contribution < 1.29 is 24.5 Å². The van der Waals surface area contributed by atoms with Crippen molar-refractivity contribution in [3.63, 3.8) is 0 Å². The molecule has 0 radical (unpaired) electrons. The fourth-order valence-electron chi connectivity index (χ4n) is 2.41. The Morgan fingerprint density at radius 2 is 2.00 bits per heavy atom. The lowest BCUT2D eigenvalue weighted by Gasteiger charge is -2.03. The van der Waals surface area contributed by atoms with Crippen molar-refractivity contribution in [1.82, 2.24) is 0 Å². The normalized spacial score (nSPS) is 13.3. The third-order valence-corrected chi connectivity index (χ3v) is 3.96. The molecule has 1 heterocycles. The third-order valence-electron chi connectivity index (χ3n) is 3.96. The summed E-state index contributed by atoms with van der Waals surface area (Å²) in [6.45, 7) is 2.17. The van der Waals surface area contributed by atoms with Crippen molar-refractivity contribution in [2.24, 2.45) is 0 Å². The van der Waals surface area contributed by atoms with Gasteiger partial charge in [0.15, 0.2) is 11.9 Å². The van der Waals surface area contributed by atoms with Gasteiger partial charge in [0, 0.05) is 12.8 Å². The highest BCUT2D eigenvalue weighted by molar-refractivity contribution is 5.71. The van der Waals surface area contributed by atoms with Crippen LogP contribution >= 0.6 is 0 Å². The van der Waals surface area contributed by atoms with Gasteiger partial charge in [0.2, 0.25) is 0 Å². The fourth-order valence-corrected chi connectivity index (χ4v) is 2.41. The monoisotopic (exact) mass is 362 g/mol. The van der Waals surface area contributed by atoms with Gasteiger partial charge in [0.05, 0.1) is 0 Å². The molecule has 0 spiro atoms. The number of unbranched alkanes of at least 4 members (excludes halogenated alkanes) is 4. The van der Waals surface area contributed by atoms with E-state index in [0.29, 0.717) is 25.0 Å². The SMILES string of the molecule is CCCCCC=CCC(O)C#Cc1ccc(CCCCC(O)C(=O)O)o1. The highest BCUT2D eigenvalue weighted by atomic mass is 16.4. The maximum absolute atomic E-state index is 10.5. The first-order valence-corrected chi connectivity index (χ1v) is 9.37. The Labute approximate surface area is 155 Å². The van der Waals surface area contributed by atoms with Gasteiger partial charge in [-0.2, -0.15) is 0 Å². The van der Waals surface area contributed by atoms with Crippen LogP contribution < -0.4 is 0 Å². The van der Waals surface area contributed by atoms with Crippen LogP contribution in [0.5, 0.6) is 0 Å². The smallest absolute Gasteiger partial charge is 0.332 e. The lowest BCUT2D eigenvalue weighted by molar-refractivity contribution is -0.146. The number of carboxylic acid groups (broad SMARTS) is 1. The highest BCUT2D eigenvalue weighted by Crippen LogP contribution is 2.12. The molecule has 1 aromatic rings. The van der Waals surface area contributed by atoms with E-state index in [1.54, 1.807) is 6.07 Å². The Balaban J connectivity index is 2.28. The van der Waals surface area contributed by atoms with E-state index in [0.717, 1.165) is 18.6 Å². The van der Waals surface area contributed by atoms with Crippen molar-refractivity contribution >= 4 is 5.97 Å². The van der Waals surface area contributed by atoms with Crippen LogP contribution in [-0.2, 0) is 11.2 Å². The number of aliphatic hydroxyl groups excluding tert-OH is 2. The molecule has 3 N–H and O–H groups in total.